The number of morpholine rings is 1. The second kappa shape index (κ2) is 7.40. The van der Waals surface area contributed by atoms with Crippen LogP contribution in [-0.4, -0.2) is 52.6 Å². The normalized spacial score (nSPS) is 15.2. The van der Waals surface area contributed by atoms with Crippen LogP contribution in [0.4, 0.5) is 5.95 Å². The molecule has 0 bridgehead atoms. The van der Waals surface area contributed by atoms with Crippen molar-refractivity contribution in [2.75, 3.05) is 37.0 Å². The summed E-state index contributed by atoms with van der Waals surface area (Å²) in [6.45, 7) is 2.95. The van der Waals surface area contributed by atoms with Crippen molar-refractivity contribution in [3.63, 3.8) is 0 Å². The van der Waals surface area contributed by atoms with Crippen molar-refractivity contribution in [2.45, 2.75) is 5.16 Å². The molecule has 0 amide bonds. The summed E-state index contributed by atoms with van der Waals surface area (Å²) in [4.78, 5) is 14.4. The zero-order valence-corrected chi connectivity index (χ0v) is 15.4. The summed E-state index contributed by atoms with van der Waals surface area (Å²) >= 11 is 14.4. The van der Waals surface area contributed by atoms with Gasteiger partial charge in [-0.3, -0.25) is 9.36 Å². The molecule has 0 aliphatic carbocycles. The molecule has 1 aliphatic heterocycles. The lowest BCUT2D eigenvalue weighted by Gasteiger charge is -2.27. The van der Waals surface area contributed by atoms with Crippen molar-refractivity contribution in [3.05, 3.63) is 20.3 Å². The molecule has 0 aromatic carbocycles. The Balaban J connectivity index is 1.65. The van der Waals surface area contributed by atoms with E-state index >= 15 is 0 Å². The Morgan fingerprint density at radius 2 is 2.13 bits per heavy atom. The van der Waals surface area contributed by atoms with Crippen molar-refractivity contribution in [2.24, 2.45) is 7.05 Å². The number of thiophene rings is 1. The van der Waals surface area contributed by atoms with Crippen LogP contribution in [0, 0.1) is 0 Å². The Labute approximate surface area is 151 Å². The van der Waals surface area contributed by atoms with E-state index in [4.69, 9.17) is 27.9 Å². The van der Waals surface area contributed by atoms with Gasteiger partial charge in [0, 0.05) is 25.7 Å². The van der Waals surface area contributed by atoms with Crippen LogP contribution in [0.2, 0.25) is 8.67 Å². The first kappa shape index (κ1) is 17.0. The first-order valence-corrected chi connectivity index (χ1v) is 9.45. The third-order valence-electron chi connectivity index (χ3n) is 3.40. The molecule has 1 saturated heterocycles. The quantitative estimate of drug-likeness (QED) is 0.575. The second-order valence-electron chi connectivity index (χ2n) is 4.89. The fraction of sp³-hybridized carbons (Fsp3) is 0.462. The van der Waals surface area contributed by atoms with Crippen LogP contribution in [0.15, 0.2) is 11.2 Å². The topological polar surface area (TPSA) is 60.2 Å². The molecule has 3 heterocycles. The van der Waals surface area contributed by atoms with Gasteiger partial charge >= 0.3 is 0 Å². The van der Waals surface area contributed by atoms with Gasteiger partial charge < -0.3 is 9.64 Å². The number of carbonyl (C=O) groups is 1. The highest BCUT2D eigenvalue weighted by Crippen LogP contribution is 2.32. The smallest absolute Gasteiger partial charge is 0.227 e. The first-order chi connectivity index (χ1) is 11.1. The van der Waals surface area contributed by atoms with Crippen LogP contribution in [0.25, 0.3) is 0 Å². The first-order valence-electron chi connectivity index (χ1n) is 6.89. The molecule has 0 atom stereocenters. The number of hydrogen-bond acceptors (Lipinski definition) is 7. The number of hydrogen-bond donors (Lipinski definition) is 0. The number of ketones is 1. The summed E-state index contributed by atoms with van der Waals surface area (Å²) in [6.07, 6.45) is 0. The number of aromatic nitrogens is 3. The number of ether oxygens (including phenoxy) is 1. The lowest BCUT2D eigenvalue weighted by atomic mass is 10.2. The van der Waals surface area contributed by atoms with Gasteiger partial charge in [0.2, 0.25) is 5.95 Å². The van der Waals surface area contributed by atoms with Crippen LogP contribution < -0.4 is 4.90 Å². The van der Waals surface area contributed by atoms with E-state index in [-0.39, 0.29) is 11.5 Å². The molecule has 2 aromatic heterocycles. The van der Waals surface area contributed by atoms with Crippen molar-refractivity contribution in [1.29, 1.82) is 0 Å². The third-order valence-corrected chi connectivity index (χ3v) is 5.90. The Morgan fingerprint density at radius 1 is 1.39 bits per heavy atom. The van der Waals surface area contributed by atoms with Gasteiger partial charge in [-0.15, -0.1) is 21.5 Å². The summed E-state index contributed by atoms with van der Waals surface area (Å²) < 4.78 is 8.17. The van der Waals surface area contributed by atoms with E-state index in [2.05, 4.69) is 15.1 Å². The number of nitrogens with zero attached hydrogens (tertiary/aromatic N) is 4. The zero-order chi connectivity index (χ0) is 16.4. The largest absolute Gasteiger partial charge is 0.378 e. The van der Waals surface area contributed by atoms with Gasteiger partial charge in [0.05, 0.1) is 23.3 Å². The van der Waals surface area contributed by atoms with E-state index in [0.717, 1.165) is 19.0 Å². The predicted molar refractivity (Wildman–Crippen MR) is 93.4 cm³/mol. The number of carbonyl (C=O) groups excluding carboxylic acids is 1. The highest BCUT2D eigenvalue weighted by Gasteiger charge is 2.20. The van der Waals surface area contributed by atoms with Crippen LogP contribution in [0.3, 0.4) is 0 Å². The van der Waals surface area contributed by atoms with Crippen LogP contribution in [0.1, 0.15) is 10.4 Å². The van der Waals surface area contributed by atoms with Crippen molar-refractivity contribution in [1.82, 2.24) is 14.8 Å². The van der Waals surface area contributed by atoms with Crippen LogP contribution in [0.5, 0.6) is 0 Å². The maximum Gasteiger partial charge on any atom is 0.227 e. The molecule has 0 radical (unpaired) electrons. The van der Waals surface area contributed by atoms with Gasteiger partial charge in [-0.25, -0.2) is 0 Å². The average Bonchev–Trinajstić information content (AvgIpc) is 3.08. The maximum atomic E-state index is 12.2. The second-order valence-corrected chi connectivity index (χ2v) is 8.12. The lowest BCUT2D eigenvalue weighted by Crippen LogP contribution is -2.37. The summed E-state index contributed by atoms with van der Waals surface area (Å²) in [6, 6.07) is 1.60. The Kier molecular flexibility index (Phi) is 5.48. The highest BCUT2D eigenvalue weighted by molar-refractivity contribution is 7.99. The Morgan fingerprint density at radius 3 is 2.78 bits per heavy atom. The summed E-state index contributed by atoms with van der Waals surface area (Å²) in [5.74, 6) is 0.959. The summed E-state index contributed by atoms with van der Waals surface area (Å²) in [5, 5.41) is 9.08. The van der Waals surface area contributed by atoms with E-state index in [1.165, 1.54) is 23.1 Å². The van der Waals surface area contributed by atoms with Gasteiger partial charge in [-0.2, -0.15) is 0 Å². The maximum absolute atomic E-state index is 12.2. The molecule has 124 valence electrons. The summed E-state index contributed by atoms with van der Waals surface area (Å²) in [5.41, 5.74) is 0.463. The minimum atomic E-state index is -0.0703. The fourth-order valence-electron chi connectivity index (χ4n) is 2.21. The molecular weight excluding hydrogens is 379 g/mol. The van der Waals surface area contributed by atoms with Crippen molar-refractivity contribution >= 4 is 58.0 Å². The number of anilines is 1. The molecule has 2 aromatic rings. The molecule has 3 rings (SSSR count). The third kappa shape index (κ3) is 3.83. The van der Waals surface area contributed by atoms with Crippen molar-refractivity contribution < 1.29 is 9.53 Å². The summed E-state index contributed by atoms with van der Waals surface area (Å²) in [7, 11) is 1.89. The monoisotopic (exact) mass is 392 g/mol. The number of Topliss-reactive ketones (excluding diaryl/α,β-unsaturated/α-hetero) is 1. The average molecular weight is 393 g/mol. The van der Waals surface area contributed by atoms with Gasteiger partial charge in [0.15, 0.2) is 10.9 Å². The molecule has 10 heteroatoms. The minimum Gasteiger partial charge on any atom is -0.378 e. The molecule has 23 heavy (non-hydrogen) atoms. The SMILES string of the molecule is Cn1c(SCC(=O)c2cc(Cl)sc2Cl)nnc1N1CCOCC1. The van der Waals surface area contributed by atoms with E-state index in [0.29, 0.717) is 32.6 Å². The van der Waals surface area contributed by atoms with E-state index < -0.39 is 0 Å². The fourth-order valence-corrected chi connectivity index (χ4v) is 4.50. The van der Waals surface area contributed by atoms with Gasteiger partial charge in [0.1, 0.15) is 4.34 Å². The molecule has 1 fully saturated rings. The molecule has 0 N–H and O–H groups in total. The van der Waals surface area contributed by atoms with Crippen LogP contribution >= 0.6 is 46.3 Å². The van der Waals surface area contributed by atoms with E-state index in [1.807, 2.05) is 11.6 Å². The van der Waals surface area contributed by atoms with Gasteiger partial charge in [-0.1, -0.05) is 35.0 Å². The number of thioether (sulfide) groups is 1. The molecule has 6 nitrogen and oxygen atoms in total. The van der Waals surface area contributed by atoms with Crippen molar-refractivity contribution in [3.8, 4) is 0 Å². The van der Waals surface area contributed by atoms with Crippen LogP contribution in [-0.2, 0) is 11.8 Å². The van der Waals surface area contributed by atoms with Gasteiger partial charge in [-0.05, 0) is 6.07 Å². The molecule has 0 unspecified atom stereocenters. The minimum absolute atomic E-state index is 0.0703. The highest BCUT2D eigenvalue weighted by atomic mass is 35.5. The lowest BCUT2D eigenvalue weighted by molar-refractivity contribution is 0.102. The van der Waals surface area contributed by atoms with E-state index in [9.17, 15) is 4.79 Å². The zero-order valence-electron chi connectivity index (χ0n) is 12.3. The van der Waals surface area contributed by atoms with E-state index in [1.54, 1.807) is 6.07 Å². The number of halogens is 2. The Hall–Kier alpha value is -0.800. The molecule has 0 spiro atoms. The predicted octanol–water partition coefficient (Wildman–Crippen LogP) is 3.00. The number of rotatable bonds is 5. The molecular formula is C13H14Cl2N4O2S2. The molecule has 0 saturated carbocycles. The Bertz CT molecular complexity index is 713. The molecule has 1 aliphatic rings. The standard InChI is InChI=1S/C13H14Cl2N4O2S2/c1-18-12(19-2-4-21-5-3-19)16-17-13(18)22-7-9(20)8-6-10(14)23-11(8)15/h6H,2-5,7H2,1H3. The van der Waals surface area contributed by atoms with Gasteiger partial charge in [0.25, 0.3) is 0 Å².